The van der Waals surface area contributed by atoms with Crippen molar-refractivity contribution in [1.29, 1.82) is 0 Å². The Balaban J connectivity index is 3.24. The zero-order chi connectivity index (χ0) is 20.6. The number of rotatable bonds is 7. The van der Waals surface area contributed by atoms with Gasteiger partial charge in [0.1, 0.15) is 24.2 Å². The van der Waals surface area contributed by atoms with Crippen molar-refractivity contribution in [3.63, 3.8) is 0 Å². The first-order valence-electron chi connectivity index (χ1n) is 8.28. The van der Waals surface area contributed by atoms with E-state index in [1.165, 1.54) is 39.6 Å². The van der Waals surface area contributed by atoms with Crippen LogP contribution in [0.15, 0.2) is 0 Å². The highest BCUT2D eigenvalue weighted by molar-refractivity contribution is 7.99. The van der Waals surface area contributed by atoms with Crippen molar-refractivity contribution in [1.82, 2.24) is 5.32 Å². The maximum absolute atomic E-state index is 11.8. The van der Waals surface area contributed by atoms with E-state index in [4.69, 9.17) is 18.9 Å². The molecule has 0 spiro atoms. The van der Waals surface area contributed by atoms with Crippen molar-refractivity contribution in [3.8, 4) is 0 Å². The number of thioether (sulfide) groups is 1. The van der Waals surface area contributed by atoms with E-state index in [1.54, 1.807) is 0 Å². The summed E-state index contributed by atoms with van der Waals surface area (Å²) in [5, 5.41) is 2.56. The number of nitrogens with one attached hydrogen (secondary N) is 1. The van der Waals surface area contributed by atoms with Gasteiger partial charge < -0.3 is 29.0 Å². The minimum atomic E-state index is -1.10. The number of amides is 1. The first kappa shape index (κ1) is 23.0. The van der Waals surface area contributed by atoms with Crippen LogP contribution < -0.4 is 5.32 Å². The Kier molecular flexibility index (Phi) is 9.36. The van der Waals surface area contributed by atoms with E-state index in [1.807, 2.05) is 6.92 Å². The molecule has 1 amide bonds. The van der Waals surface area contributed by atoms with Gasteiger partial charge >= 0.3 is 24.0 Å². The predicted molar refractivity (Wildman–Crippen MR) is 93.9 cm³/mol. The molecule has 1 aliphatic heterocycles. The van der Waals surface area contributed by atoms with Gasteiger partial charge in [-0.2, -0.15) is 0 Å². The third-order valence-electron chi connectivity index (χ3n) is 3.50. The Labute approximate surface area is 161 Å². The molecule has 27 heavy (non-hydrogen) atoms. The van der Waals surface area contributed by atoms with Crippen LogP contribution in [0.25, 0.3) is 0 Å². The molecule has 1 fully saturated rings. The van der Waals surface area contributed by atoms with Gasteiger partial charge in [0.05, 0.1) is 7.11 Å². The van der Waals surface area contributed by atoms with Crippen LogP contribution in [0.3, 0.4) is 0 Å². The van der Waals surface area contributed by atoms with Gasteiger partial charge in [-0.15, -0.1) is 11.8 Å². The number of ether oxygens (including phenoxy) is 5. The zero-order valence-corrected chi connectivity index (χ0v) is 16.7. The average molecular weight is 407 g/mol. The highest BCUT2D eigenvalue weighted by Gasteiger charge is 2.51. The molecule has 1 N–H and O–H groups in total. The highest BCUT2D eigenvalue weighted by atomic mass is 32.2. The Morgan fingerprint density at radius 1 is 1.00 bits per heavy atom. The molecule has 11 heteroatoms. The lowest BCUT2D eigenvalue weighted by molar-refractivity contribution is -0.211. The summed E-state index contributed by atoms with van der Waals surface area (Å²) in [7, 11) is 1.19. The van der Waals surface area contributed by atoms with Crippen LogP contribution >= 0.6 is 11.8 Å². The summed E-state index contributed by atoms with van der Waals surface area (Å²) in [5.74, 6) is -1.21. The fraction of sp³-hybridized carbons (Fsp3) is 0.750. The predicted octanol–water partition coefficient (Wildman–Crippen LogP) is 0.615. The summed E-state index contributed by atoms with van der Waals surface area (Å²) in [6, 6.07) is -0.857. The molecule has 0 aromatic heterocycles. The van der Waals surface area contributed by atoms with E-state index in [9.17, 15) is 19.2 Å². The van der Waals surface area contributed by atoms with Gasteiger partial charge in [-0.3, -0.25) is 14.4 Å². The summed E-state index contributed by atoms with van der Waals surface area (Å²) < 4.78 is 26.2. The molecule has 10 nitrogen and oxygen atoms in total. The van der Waals surface area contributed by atoms with Gasteiger partial charge in [0, 0.05) is 20.8 Å². The Hall–Kier alpha value is -2.01. The van der Waals surface area contributed by atoms with Gasteiger partial charge in [0.2, 0.25) is 0 Å². The Morgan fingerprint density at radius 3 is 2.07 bits per heavy atom. The molecule has 1 saturated heterocycles. The molecule has 0 aliphatic carbocycles. The van der Waals surface area contributed by atoms with Crippen LogP contribution in [-0.4, -0.2) is 73.3 Å². The van der Waals surface area contributed by atoms with Crippen LogP contribution in [0, 0.1) is 0 Å². The van der Waals surface area contributed by atoms with Crippen molar-refractivity contribution in [3.05, 3.63) is 0 Å². The first-order valence-corrected chi connectivity index (χ1v) is 9.33. The number of hydrogen-bond acceptors (Lipinski definition) is 10. The molecule has 5 atom stereocenters. The van der Waals surface area contributed by atoms with Crippen molar-refractivity contribution >= 4 is 35.8 Å². The van der Waals surface area contributed by atoms with Gasteiger partial charge in [-0.1, -0.05) is 6.92 Å². The van der Waals surface area contributed by atoms with E-state index in [-0.39, 0.29) is 6.61 Å². The molecule has 0 aromatic carbocycles. The summed E-state index contributed by atoms with van der Waals surface area (Å²) in [4.78, 5) is 46.2. The molecule has 0 saturated carbocycles. The van der Waals surface area contributed by atoms with Gasteiger partial charge in [0.15, 0.2) is 12.2 Å². The smallest absolute Gasteiger partial charge is 0.407 e. The van der Waals surface area contributed by atoms with Gasteiger partial charge in [0.25, 0.3) is 0 Å². The van der Waals surface area contributed by atoms with Crippen LogP contribution in [0.1, 0.15) is 27.7 Å². The van der Waals surface area contributed by atoms with Crippen LogP contribution in [0.2, 0.25) is 0 Å². The molecule has 1 aliphatic rings. The third-order valence-corrected chi connectivity index (χ3v) is 4.57. The number of esters is 3. The van der Waals surface area contributed by atoms with E-state index in [2.05, 4.69) is 10.1 Å². The monoisotopic (exact) mass is 407 g/mol. The number of carbonyl (C=O) groups excluding carboxylic acids is 4. The molecule has 0 unspecified atom stereocenters. The fourth-order valence-electron chi connectivity index (χ4n) is 2.56. The minimum Gasteiger partial charge on any atom is -0.463 e. The zero-order valence-electron chi connectivity index (χ0n) is 15.9. The molecule has 0 aromatic rings. The summed E-state index contributed by atoms with van der Waals surface area (Å²) >= 11 is 1.34. The summed E-state index contributed by atoms with van der Waals surface area (Å²) in [6.07, 6.45) is -3.81. The highest BCUT2D eigenvalue weighted by Crippen LogP contribution is 2.32. The largest absolute Gasteiger partial charge is 0.463 e. The normalized spacial score (nSPS) is 27.2. The lowest BCUT2D eigenvalue weighted by Gasteiger charge is -2.44. The lowest BCUT2D eigenvalue weighted by Crippen LogP contribution is -2.65. The van der Waals surface area contributed by atoms with Crippen molar-refractivity contribution in [2.45, 2.75) is 57.5 Å². The molecule has 0 bridgehead atoms. The molecule has 154 valence electrons. The molecule has 1 rings (SSSR count). The quantitative estimate of drug-likeness (QED) is 0.474. The second-order valence-electron chi connectivity index (χ2n) is 5.61. The second kappa shape index (κ2) is 11.0. The van der Waals surface area contributed by atoms with E-state index >= 15 is 0 Å². The topological polar surface area (TPSA) is 126 Å². The van der Waals surface area contributed by atoms with Gasteiger partial charge in [-0.05, 0) is 5.75 Å². The van der Waals surface area contributed by atoms with E-state index < -0.39 is 53.8 Å². The molecular formula is C16H25NO9S. The minimum absolute atomic E-state index is 0.212. The third kappa shape index (κ3) is 7.25. The standard InChI is InChI=1S/C16H25NO9S/c1-6-27-15-12(17-16(21)22-5)14(25-10(4)20)13(24-9(3)19)11(26-15)7-23-8(2)18/h11-15H,6-7H2,1-5H3,(H,17,21)/t11-,12-,13-,14-,15+/m1/s1. The van der Waals surface area contributed by atoms with Crippen molar-refractivity contribution in [2.24, 2.45) is 0 Å². The summed E-state index contributed by atoms with van der Waals surface area (Å²) in [6.45, 7) is 5.27. The van der Waals surface area contributed by atoms with Crippen LogP contribution in [-0.2, 0) is 38.1 Å². The Bertz CT molecular complexity index is 556. The van der Waals surface area contributed by atoms with E-state index in [0.717, 1.165) is 0 Å². The van der Waals surface area contributed by atoms with Crippen LogP contribution in [0.4, 0.5) is 4.79 Å². The first-order chi connectivity index (χ1) is 12.7. The van der Waals surface area contributed by atoms with Crippen molar-refractivity contribution in [2.75, 3.05) is 19.5 Å². The average Bonchev–Trinajstić information content (AvgIpc) is 2.57. The maximum atomic E-state index is 11.8. The SMILES string of the molecule is CCS[C@@H]1O[C@H](COC(C)=O)[C@@H](OC(C)=O)[C@H](OC(C)=O)[C@H]1NC(=O)OC. The second-order valence-corrected chi connectivity index (χ2v) is 6.99. The Morgan fingerprint density at radius 2 is 1.59 bits per heavy atom. The number of hydrogen-bond donors (Lipinski definition) is 1. The molecular weight excluding hydrogens is 382 g/mol. The van der Waals surface area contributed by atoms with Gasteiger partial charge in [-0.25, -0.2) is 4.79 Å². The van der Waals surface area contributed by atoms with Crippen molar-refractivity contribution < 1.29 is 42.9 Å². The molecule has 1 heterocycles. The number of methoxy groups -OCH3 is 1. The molecule has 0 radical (unpaired) electrons. The van der Waals surface area contributed by atoms with Crippen LogP contribution in [0.5, 0.6) is 0 Å². The lowest BCUT2D eigenvalue weighted by atomic mass is 9.97. The fourth-order valence-corrected chi connectivity index (χ4v) is 3.54. The van der Waals surface area contributed by atoms with E-state index in [0.29, 0.717) is 5.75 Å². The number of alkyl carbamates (subject to hydrolysis) is 1. The summed E-state index contributed by atoms with van der Waals surface area (Å²) in [5.41, 5.74) is -0.661. The maximum Gasteiger partial charge on any atom is 0.407 e. The number of carbonyl (C=O) groups is 4.